The Labute approximate surface area is 104 Å². The number of aliphatic carboxylic acids is 1. The second-order valence-corrected chi connectivity index (χ2v) is 3.41. The van der Waals surface area contributed by atoms with E-state index in [9.17, 15) is 9.59 Å². The summed E-state index contributed by atoms with van der Waals surface area (Å²) in [6.45, 7) is 0. The smallest absolute Gasteiger partial charge is 0.311 e. The number of Topliss-reactive ketones (excluding diaryl/α,β-unsaturated/α-hetero) is 1. The van der Waals surface area contributed by atoms with Crippen molar-refractivity contribution >= 4 is 11.8 Å². The predicted octanol–water partition coefficient (Wildman–Crippen LogP) is 1.37. The summed E-state index contributed by atoms with van der Waals surface area (Å²) in [7, 11) is 4.28. The summed E-state index contributed by atoms with van der Waals surface area (Å²) in [4.78, 5) is 22.2. The molecule has 0 unspecified atom stereocenters. The SMILES string of the molecule is COc1cc(C(=O)CC(=O)O)cc(OC)c1OC. The van der Waals surface area contributed by atoms with Crippen molar-refractivity contribution in [1.82, 2.24) is 0 Å². The molecule has 98 valence electrons. The van der Waals surface area contributed by atoms with Crippen LogP contribution in [0, 0.1) is 0 Å². The summed E-state index contributed by atoms with van der Waals surface area (Å²) in [6.07, 6.45) is -0.585. The van der Waals surface area contributed by atoms with Gasteiger partial charge in [0.1, 0.15) is 6.42 Å². The lowest BCUT2D eigenvalue weighted by Crippen LogP contribution is -2.08. The van der Waals surface area contributed by atoms with Crippen molar-refractivity contribution in [3.63, 3.8) is 0 Å². The van der Waals surface area contributed by atoms with E-state index in [2.05, 4.69) is 0 Å². The molecule has 18 heavy (non-hydrogen) atoms. The van der Waals surface area contributed by atoms with Crippen LogP contribution in [0.4, 0.5) is 0 Å². The van der Waals surface area contributed by atoms with Gasteiger partial charge in [-0.3, -0.25) is 9.59 Å². The molecule has 0 aliphatic carbocycles. The summed E-state index contributed by atoms with van der Waals surface area (Å²) < 4.78 is 15.2. The van der Waals surface area contributed by atoms with Crippen LogP contribution in [0.5, 0.6) is 17.2 Å². The number of hydrogen-bond acceptors (Lipinski definition) is 5. The zero-order valence-corrected chi connectivity index (χ0v) is 10.4. The van der Waals surface area contributed by atoms with E-state index in [1.54, 1.807) is 0 Å². The number of carbonyl (C=O) groups is 2. The molecule has 1 aromatic carbocycles. The number of carboxylic acids is 1. The largest absolute Gasteiger partial charge is 0.493 e. The van der Waals surface area contributed by atoms with Gasteiger partial charge in [-0.2, -0.15) is 0 Å². The molecule has 0 fully saturated rings. The Kier molecular flexibility index (Phi) is 4.53. The molecule has 0 amide bonds. The Morgan fingerprint density at radius 1 is 1.06 bits per heavy atom. The molecule has 1 aromatic rings. The van der Waals surface area contributed by atoms with Crippen LogP contribution < -0.4 is 14.2 Å². The Hall–Kier alpha value is -2.24. The van der Waals surface area contributed by atoms with Crippen LogP contribution in [0.2, 0.25) is 0 Å². The lowest BCUT2D eigenvalue weighted by molar-refractivity contribution is -0.135. The number of benzene rings is 1. The van der Waals surface area contributed by atoms with E-state index in [4.69, 9.17) is 19.3 Å². The molecule has 0 saturated heterocycles. The lowest BCUT2D eigenvalue weighted by Gasteiger charge is -2.13. The van der Waals surface area contributed by atoms with Crippen LogP contribution in [0.25, 0.3) is 0 Å². The fourth-order valence-electron chi connectivity index (χ4n) is 1.48. The highest BCUT2D eigenvalue weighted by molar-refractivity contribution is 6.06. The number of methoxy groups -OCH3 is 3. The normalized spacial score (nSPS) is 9.72. The number of ketones is 1. The second-order valence-electron chi connectivity index (χ2n) is 3.41. The molecule has 0 atom stereocenters. The molecule has 0 saturated carbocycles. The summed E-state index contributed by atoms with van der Waals surface area (Å²) in [5, 5.41) is 8.59. The van der Waals surface area contributed by atoms with Gasteiger partial charge in [0.05, 0.1) is 21.3 Å². The van der Waals surface area contributed by atoms with Gasteiger partial charge < -0.3 is 19.3 Å². The van der Waals surface area contributed by atoms with Crippen LogP contribution in [0.15, 0.2) is 12.1 Å². The quantitative estimate of drug-likeness (QED) is 0.610. The molecule has 6 heteroatoms. The van der Waals surface area contributed by atoms with Crippen LogP contribution in [-0.2, 0) is 4.79 Å². The molecular weight excluding hydrogens is 240 g/mol. The molecule has 0 spiro atoms. The maximum atomic E-state index is 11.7. The van der Waals surface area contributed by atoms with Gasteiger partial charge in [0.2, 0.25) is 5.75 Å². The first-order valence-corrected chi connectivity index (χ1v) is 5.08. The Morgan fingerprint density at radius 3 is 1.89 bits per heavy atom. The van der Waals surface area contributed by atoms with Gasteiger partial charge in [-0.25, -0.2) is 0 Å². The number of hydrogen-bond donors (Lipinski definition) is 1. The zero-order valence-electron chi connectivity index (χ0n) is 10.4. The van der Waals surface area contributed by atoms with E-state index in [1.807, 2.05) is 0 Å². The summed E-state index contributed by atoms with van der Waals surface area (Å²) in [5.41, 5.74) is 0.201. The van der Waals surface area contributed by atoms with Crippen molar-refractivity contribution in [1.29, 1.82) is 0 Å². The van der Waals surface area contributed by atoms with E-state index in [0.717, 1.165) is 0 Å². The summed E-state index contributed by atoms with van der Waals surface area (Å²) >= 11 is 0. The molecular formula is C12H14O6. The number of carboxylic acid groups (broad SMARTS) is 1. The van der Waals surface area contributed by atoms with Gasteiger partial charge in [-0.1, -0.05) is 0 Å². The monoisotopic (exact) mass is 254 g/mol. The van der Waals surface area contributed by atoms with E-state index >= 15 is 0 Å². The Bertz CT molecular complexity index is 441. The van der Waals surface area contributed by atoms with Gasteiger partial charge in [0.15, 0.2) is 17.3 Å². The average Bonchev–Trinajstić information content (AvgIpc) is 2.35. The highest BCUT2D eigenvalue weighted by Gasteiger charge is 2.18. The zero-order chi connectivity index (χ0) is 13.7. The minimum atomic E-state index is -1.19. The van der Waals surface area contributed by atoms with Crippen LogP contribution in [-0.4, -0.2) is 38.2 Å². The topological polar surface area (TPSA) is 82.1 Å². The molecule has 0 aromatic heterocycles. The number of carbonyl (C=O) groups excluding carboxylic acids is 1. The fourth-order valence-corrected chi connectivity index (χ4v) is 1.48. The summed E-state index contributed by atoms with van der Waals surface area (Å²) in [5.74, 6) is -0.737. The van der Waals surface area contributed by atoms with Gasteiger partial charge >= 0.3 is 5.97 Å². The van der Waals surface area contributed by atoms with E-state index in [1.165, 1.54) is 33.5 Å². The van der Waals surface area contributed by atoms with Crippen molar-refractivity contribution in [2.75, 3.05) is 21.3 Å². The lowest BCUT2D eigenvalue weighted by atomic mass is 10.1. The summed E-state index contributed by atoms with van der Waals surface area (Å²) in [6, 6.07) is 2.85. The maximum absolute atomic E-state index is 11.7. The highest BCUT2D eigenvalue weighted by atomic mass is 16.5. The molecule has 1 N–H and O–H groups in total. The van der Waals surface area contributed by atoms with E-state index in [-0.39, 0.29) is 5.56 Å². The van der Waals surface area contributed by atoms with Crippen LogP contribution in [0.1, 0.15) is 16.8 Å². The van der Waals surface area contributed by atoms with Crippen molar-refractivity contribution in [2.45, 2.75) is 6.42 Å². The fraction of sp³-hybridized carbons (Fsp3) is 0.333. The Morgan fingerprint density at radius 2 is 1.56 bits per heavy atom. The van der Waals surface area contributed by atoms with Crippen molar-refractivity contribution in [3.05, 3.63) is 17.7 Å². The first-order chi connectivity index (χ1) is 8.53. The first-order valence-electron chi connectivity index (χ1n) is 5.08. The number of ether oxygens (including phenoxy) is 3. The van der Waals surface area contributed by atoms with Crippen LogP contribution >= 0.6 is 0 Å². The predicted molar refractivity (Wildman–Crippen MR) is 62.7 cm³/mol. The van der Waals surface area contributed by atoms with E-state index < -0.39 is 18.2 Å². The molecule has 6 nitrogen and oxygen atoms in total. The second kappa shape index (κ2) is 5.90. The van der Waals surface area contributed by atoms with Crippen molar-refractivity contribution in [3.8, 4) is 17.2 Å². The third-order valence-corrected chi connectivity index (χ3v) is 2.30. The van der Waals surface area contributed by atoms with Gasteiger partial charge in [0.25, 0.3) is 0 Å². The highest BCUT2D eigenvalue weighted by Crippen LogP contribution is 2.38. The number of rotatable bonds is 6. The molecule has 1 rings (SSSR count). The van der Waals surface area contributed by atoms with E-state index in [0.29, 0.717) is 17.2 Å². The average molecular weight is 254 g/mol. The minimum Gasteiger partial charge on any atom is -0.493 e. The third-order valence-electron chi connectivity index (χ3n) is 2.30. The van der Waals surface area contributed by atoms with Gasteiger partial charge in [0, 0.05) is 5.56 Å². The van der Waals surface area contributed by atoms with Crippen molar-refractivity contribution in [2.24, 2.45) is 0 Å². The molecule has 0 heterocycles. The van der Waals surface area contributed by atoms with Gasteiger partial charge in [-0.15, -0.1) is 0 Å². The molecule has 0 aliphatic rings. The maximum Gasteiger partial charge on any atom is 0.311 e. The van der Waals surface area contributed by atoms with Crippen LogP contribution in [0.3, 0.4) is 0 Å². The van der Waals surface area contributed by atoms with Gasteiger partial charge in [-0.05, 0) is 12.1 Å². The molecule has 0 aliphatic heterocycles. The standard InChI is InChI=1S/C12H14O6/c1-16-9-4-7(8(13)6-11(14)15)5-10(17-2)12(9)18-3/h4-5H,6H2,1-3H3,(H,14,15). The first kappa shape index (κ1) is 13.8. The molecule has 0 radical (unpaired) electrons. The Balaban J connectivity index is 3.22. The third kappa shape index (κ3) is 2.91. The molecule has 0 bridgehead atoms. The van der Waals surface area contributed by atoms with Crippen molar-refractivity contribution < 1.29 is 28.9 Å². The minimum absolute atomic E-state index is 0.201.